The summed E-state index contributed by atoms with van der Waals surface area (Å²) in [6.45, 7) is 1.85. The second-order valence-corrected chi connectivity index (χ2v) is 7.30. The largest absolute Gasteiger partial charge is 0.439 e. The average Bonchev–Trinajstić information content (AvgIpc) is 2.84. The summed E-state index contributed by atoms with van der Waals surface area (Å²) in [6, 6.07) is 13.4. The summed E-state index contributed by atoms with van der Waals surface area (Å²) in [6.07, 6.45) is 2.84. The van der Waals surface area contributed by atoms with E-state index in [4.69, 9.17) is 21.6 Å². The van der Waals surface area contributed by atoms with Gasteiger partial charge in [0.15, 0.2) is 0 Å². The van der Waals surface area contributed by atoms with Crippen molar-refractivity contribution in [1.29, 1.82) is 5.26 Å². The lowest BCUT2D eigenvalue weighted by atomic mass is 10.3. The van der Waals surface area contributed by atoms with E-state index in [1.165, 1.54) is 17.0 Å². The molecule has 0 aliphatic rings. The number of nitrogens with one attached hydrogen (secondary N) is 1. The van der Waals surface area contributed by atoms with Crippen molar-refractivity contribution in [2.24, 2.45) is 4.99 Å². The van der Waals surface area contributed by atoms with Crippen LogP contribution in [-0.2, 0) is 13.1 Å². The number of aromatic nitrogens is 6. The van der Waals surface area contributed by atoms with E-state index in [2.05, 4.69) is 24.9 Å². The Morgan fingerprint density at radius 1 is 1.12 bits per heavy atom. The first-order valence-electron chi connectivity index (χ1n) is 10.1. The second kappa shape index (κ2) is 9.93. The van der Waals surface area contributed by atoms with E-state index < -0.39 is 11.4 Å². The van der Waals surface area contributed by atoms with Gasteiger partial charge in [-0.1, -0.05) is 17.7 Å². The van der Waals surface area contributed by atoms with Crippen molar-refractivity contribution in [3.63, 3.8) is 0 Å². The van der Waals surface area contributed by atoms with Crippen LogP contribution in [0.3, 0.4) is 0 Å². The number of hydrogen-bond donors (Lipinski definition) is 1. The fraction of sp³-hybridized carbons (Fsp3) is 0.136. The molecule has 0 aliphatic heterocycles. The third-order valence-electron chi connectivity index (χ3n) is 4.60. The van der Waals surface area contributed by atoms with Crippen molar-refractivity contribution >= 4 is 17.3 Å². The predicted octanol–water partition coefficient (Wildman–Crippen LogP) is 2.14. The summed E-state index contributed by atoms with van der Waals surface area (Å²) in [5.41, 5.74) is -0.393. The molecular formula is C22H17ClN8O3. The Balaban J connectivity index is 1.70. The molecule has 4 rings (SSSR count). The molecule has 0 spiro atoms. The van der Waals surface area contributed by atoms with Crippen molar-refractivity contribution in [3.8, 4) is 17.7 Å². The van der Waals surface area contributed by atoms with Gasteiger partial charge in [0.2, 0.25) is 11.5 Å². The Labute approximate surface area is 197 Å². The molecular weight excluding hydrogens is 460 g/mol. The lowest BCUT2D eigenvalue weighted by Gasteiger charge is -2.09. The van der Waals surface area contributed by atoms with Gasteiger partial charge in [0, 0.05) is 25.0 Å². The monoisotopic (exact) mass is 476 g/mol. The molecule has 4 aromatic rings. The zero-order valence-electron chi connectivity index (χ0n) is 17.8. The predicted molar refractivity (Wildman–Crippen MR) is 122 cm³/mol. The number of nitrogens with zero attached hydrogens (tertiary/aromatic N) is 7. The van der Waals surface area contributed by atoms with Gasteiger partial charge in [0.1, 0.15) is 23.3 Å². The lowest BCUT2D eigenvalue weighted by Crippen LogP contribution is -2.49. The fourth-order valence-corrected chi connectivity index (χ4v) is 3.09. The number of nitriles is 1. The minimum Gasteiger partial charge on any atom is -0.439 e. The van der Waals surface area contributed by atoms with Gasteiger partial charge in [-0.3, -0.25) is 9.55 Å². The highest BCUT2D eigenvalue weighted by atomic mass is 35.5. The zero-order valence-corrected chi connectivity index (χ0v) is 18.6. The number of pyridine rings is 1. The van der Waals surface area contributed by atoms with Crippen LogP contribution in [0.4, 0.5) is 5.69 Å². The Hall–Kier alpha value is -4.56. The molecule has 0 amide bonds. The van der Waals surface area contributed by atoms with Gasteiger partial charge < -0.3 is 4.74 Å². The molecule has 0 atom stereocenters. The maximum absolute atomic E-state index is 12.9. The Bertz CT molecular complexity index is 1550. The molecule has 34 heavy (non-hydrogen) atoms. The number of ether oxygens (including phenoxy) is 1. The van der Waals surface area contributed by atoms with E-state index in [0.29, 0.717) is 22.3 Å². The third kappa shape index (κ3) is 5.08. The van der Waals surface area contributed by atoms with Crippen LogP contribution >= 0.6 is 11.6 Å². The zero-order chi connectivity index (χ0) is 24.1. The highest BCUT2D eigenvalue weighted by Crippen LogP contribution is 2.22. The van der Waals surface area contributed by atoms with Gasteiger partial charge in [-0.25, -0.2) is 34.1 Å². The maximum atomic E-state index is 12.9. The summed E-state index contributed by atoms with van der Waals surface area (Å²) in [5.74, 6) is 1.07. The van der Waals surface area contributed by atoms with Gasteiger partial charge in [0.05, 0.1) is 17.3 Å². The van der Waals surface area contributed by atoms with Crippen LogP contribution in [0.25, 0.3) is 0 Å². The van der Waals surface area contributed by atoms with E-state index in [1.54, 1.807) is 49.4 Å². The molecule has 0 bridgehead atoms. The van der Waals surface area contributed by atoms with Crippen LogP contribution in [0.1, 0.15) is 18.4 Å². The van der Waals surface area contributed by atoms with Crippen LogP contribution in [0.2, 0.25) is 5.02 Å². The summed E-state index contributed by atoms with van der Waals surface area (Å²) in [4.78, 5) is 44.7. The average molecular weight is 477 g/mol. The second-order valence-electron chi connectivity index (χ2n) is 6.86. The molecule has 1 aromatic carbocycles. The molecule has 0 saturated carbocycles. The Morgan fingerprint density at radius 3 is 2.53 bits per heavy atom. The van der Waals surface area contributed by atoms with Crippen LogP contribution in [-0.4, -0.2) is 29.1 Å². The topological polar surface area (TPSA) is 144 Å². The van der Waals surface area contributed by atoms with Gasteiger partial charge in [-0.15, -0.1) is 0 Å². The van der Waals surface area contributed by atoms with Gasteiger partial charge in [-0.05, 0) is 37.3 Å². The van der Waals surface area contributed by atoms with Gasteiger partial charge >= 0.3 is 11.4 Å². The molecule has 12 heteroatoms. The van der Waals surface area contributed by atoms with Crippen LogP contribution in [0, 0.1) is 11.3 Å². The van der Waals surface area contributed by atoms with E-state index in [9.17, 15) is 9.59 Å². The molecule has 3 heterocycles. The fourth-order valence-electron chi connectivity index (χ4n) is 2.99. The molecule has 11 nitrogen and oxygen atoms in total. The summed E-state index contributed by atoms with van der Waals surface area (Å²) >= 11 is 5.84. The molecule has 0 radical (unpaired) electrons. The summed E-state index contributed by atoms with van der Waals surface area (Å²) < 4.78 is 7.98. The third-order valence-corrected chi connectivity index (χ3v) is 4.80. The van der Waals surface area contributed by atoms with Crippen molar-refractivity contribution in [2.75, 3.05) is 0 Å². The molecule has 0 fully saturated rings. The van der Waals surface area contributed by atoms with Crippen LogP contribution in [0.15, 0.2) is 69.4 Å². The highest BCUT2D eigenvalue weighted by molar-refractivity contribution is 6.30. The van der Waals surface area contributed by atoms with Crippen LogP contribution < -0.4 is 21.7 Å². The van der Waals surface area contributed by atoms with Crippen molar-refractivity contribution < 1.29 is 4.74 Å². The minimum atomic E-state index is -0.581. The van der Waals surface area contributed by atoms with Gasteiger partial charge in [0.25, 0.3) is 0 Å². The van der Waals surface area contributed by atoms with E-state index >= 15 is 0 Å². The number of benzene rings is 1. The van der Waals surface area contributed by atoms with Crippen molar-refractivity contribution in [3.05, 3.63) is 98.0 Å². The maximum Gasteiger partial charge on any atom is 0.335 e. The number of H-pyrrole nitrogens is 1. The molecule has 0 saturated heterocycles. The van der Waals surface area contributed by atoms with E-state index in [0.717, 1.165) is 4.57 Å². The molecule has 0 unspecified atom stereocenters. The smallest absolute Gasteiger partial charge is 0.335 e. The molecule has 3 aromatic heterocycles. The van der Waals surface area contributed by atoms with Crippen molar-refractivity contribution in [2.45, 2.75) is 20.0 Å². The first-order chi connectivity index (χ1) is 16.5. The first-order valence-corrected chi connectivity index (χ1v) is 10.4. The van der Waals surface area contributed by atoms with Crippen molar-refractivity contribution in [1.82, 2.24) is 29.1 Å². The van der Waals surface area contributed by atoms with E-state index in [-0.39, 0.29) is 30.3 Å². The van der Waals surface area contributed by atoms with Gasteiger partial charge in [-0.2, -0.15) is 5.26 Å². The SMILES string of the molecule is CCn1c(=O)[nH]/c(=N\c2ccc(Oc3cccc(C#N)n3)cc2)n(Cc2ncc(Cl)cn2)c1=O. The highest BCUT2D eigenvalue weighted by Gasteiger charge is 2.10. The number of aromatic amines is 1. The Morgan fingerprint density at radius 2 is 1.85 bits per heavy atom. The molecule has 170 valence electrons. The molecule has 0 aliphatic carbocycles. The normalized spacial score (nSPS) is 11.3. The summed E-state index contributed by atoms with van der Waals surface area (Å²) in [5, 5.41) is 9.32. The number of halogens is 1. The standard InChI is InChI=1S/C22H17ClN8O3/c1-2-30-21(32)29-20(31(22(30)33)13-18-25-11-14(23)12-26-18)28-15-6-8-17(9-7-15)34-19-5-3-4-16(10-24)27-19/h3-9,11-12H,2,13H2,1H3,(H,28,29,32). The first kappa shape index (κ1) is 22.6. The van der Waals surface area contributed by atoms with E-state index in [1.807, 2.05) is 6.07 Å². The summed E-state index contributed by atoms with van der Waals surface area (Å²) in [7, 11) is 0. The quantitative estimate of drug-likeness (QED) is 0.448. The lowest BCUT2D eigenvalue weighted by molar-refractivity contribution is 0.462. The molecule has 1 N–H and O–H groups in total. The number of rotatable bonds is 6. The Kier molecular flexibility index (Phi) is 6.61. The number of hydrogen-bond acceptors (Lipinski definition) is 8. The minimum absolute atomic E-state index is 0.0201. The van der Waals surface area contributed by atoms with Crippen LogP contribution in [0.5, 0.6) is 11.6 Å².